The summed E-state index contributed by atoms with van der Waals surface area (Å²) in [6, 6.07) is 6.28. The summed E-state index contributed by atoms with van der Waals surface area (Å²) in [5.41, 5.74) is 2.28. The molecule has 1 atom stereocenters. The molecule has 0 aliphatic carbocycles. The van der Waals surface area contributed by atoms with Gasteiger partial charge in [0.1, 0.15) is 0 Å². The van der Waals surface area contributed by atoms with Crippen LogP contribution in [0.3, 0.4) is 0 Å². The lowest BCUT2D eigenvalue weighted by Crippen LogP contribution is -2.42. The Bertz CT molecular complexity index is 725. The maximum absolute atomic E-state index is 12.3. The molecule has 4 heterocycles. The van der Waals surface area contributed by atoms with E-state index in [0.717, 1.165) is 58.0 Å². The maximum atomic E-state index is 12.3. The third kappa shape index (κ3) is 3.84. The summed E-state index contributed by atoms with van der Waals surface area (Å²) in [6.07, 6.45) is 4.43. The molecule has 25 heavy (non-hydrogen) atoms. The molecule has 0 bridgehead atoms. The van der Waals surface area contributed by atoms with Crippen LogP contribution < -0.4 is 5.32 Å². The quantitative estimate of drug-likeness (QED) is 0.820. The molecule has 4 rings (SSSR count). The van der Waals surface area contributed by atoms with Crippen LogP contribution in [0.25, 0.3) is 5.52 Å². The van der Waals surface area contributed by atoms with Gasteiger partial charge in [0.25, 0.3) is 0 Å². The Kier molecular flexibility index (Phi) is 4.96. The fourth-order valence-corrected chi connectivity index (χ4v) is 3.59. The summed E-state index contributed by atoms with van der Waals surface area (Å²) in [5, 5.41) is 7.88. The molecular weight excluding hydrogens is 318 g/mol. The number of pyridine rings is 1. The first-order valence-electron chi connectivity index (χ1n) is 9.02. The number of hydrogen-bond acceptors (Lipinski definition) is 5. The Morgan fingerprint density at radius 1 is 1.24 bits per heavy atom. The van der Waals surface area contributed by atoms with Gasteiger partial charge in [0.05, 0.1) is 24.9 Å². The van der Waals surface area contributed by atoms with Crippen molar-refractivity contribution in [2.24, 2.45) is 0 Å². The van der Waals surface area contributed by atoms with Crippen LogP contribution in [-0.2, 0) is 16.1 Å². The van der Waals surface area contributed by atoms with Crippen molar-refractivity contribution in [3.05, 3.63) is 36.2 Å². The first kappa shape index (κ1) is 16.5. The van der Waals surface area contributed by atoms with E-state index >= 15 is 0 Å². The zero-order valence-electron chi connectivity index (χ0n) is 14.4. The number of carbonyl (C=O) groups is 1. The molecule has 7 heteroatoms. The third-order valence-corrected chi connectivity index (χ3v) is 5.09. The molecule has 2 saturated heterocycles. The minimum atomic E-state index is 0.218. The molecule has 134 valence electrons. The summed E-state index contributed by atoms with van der Waals surface area (Å²) in [5.74, 6) is 0.255. The van der Waals surface area contributed by atoms with Crippen LogP contribution in [-0.4, -0.2) is 77.3 Å². The average molecular weight is 343 g/mol. The van der Waals surface area contributed by atoms with E-state index in [1.54, 1.807) is 0 Å². The van der Waals surface area contributed by atoms with Gasteiger partial charge < -0.3 is 15.0 Å². The summed E-state index contributed by atoms with van der Waals surface area (Å²) in [6.45, 7) is 6.83. The Morgan fingerprint density at radius 2 is 2.12 bits per heavy atom. The van der Waals surface area contributed by atoms with Gasteiger partial charge in [-0.05, 0) is 12.1 Å². The Labute approximate surface area is 147 Å². The molecule has 2 aliphatic heterocycles. The molecule has 2 aromatic rings. The number of likely N-dealkylation sites (tertiary alicyclic amines) is 1. The van der Waals surface area contributed by atoms with Crippen LogP contribution in [0.15, 0.2) is 30.6 Å². The van der Waals surface area contributed by atoms with Gasteiger partial charge in [-0.1, -0.05) is 6.07 Å². The normalized spacial score (nSPS) is 22.2. The Morgan fingerprint density at radius 3 is 3.00 bits per heavy atom. The molecule has 1 unspecified atom stereocenters. The van der Waals surface area contributed by atoms with Gasteiger partial charge in [0.2, 0.25) is 5.91 Å². The van der Waals surface area contributed by atoms with Crippen LogP contribution >= 0.6 is 0 Å². The van der Waals surface area contributed by atoms with Crippen LogP contribution in [0.5, 0.6) is 0 Å². The van der Waals surface area contributed by atoms with Gasteiger partial charge >= 0.3 is 0 Å². The van der Waals surface area contributed by atoms with Gasteiger partial charge in [-0.25, -0.2) is 4.52 Å². The highest BCUT2D eigenvalue weighted by molar-refractivity contribution is 5.79. The highest BCUT2D eigenvalue weighted by atomic mass is 16.5. The summed E-state index contributed by atoms with van der Waals surface area (Å²) in [4.78, 5) is 16.6. The van der Waals surface area contributed by atoms with Crippen LogP contribution in [0.4, 0.5) is 0 Å². The summed E-state index contributed by atoms with van der Waals surface area (Å²) in [7, 11) is 0. The van der Waals surface area contributed by atoms with Gasteiger partial charge in [-0.15, -0.1) is 0 Å². The SMILES string of the molecule is O=C1CC(NCc2cnn3ccccc23)CN1CCN1CCOCC1. The van der Waals surface area contributed by atoms with E-state index < -0.39 is 0 Å². The van der Waals surface area contributed by atoms with Gasteiger partial charge in [0, 0.05) is 63.5 Å². The monoisotopic (exact) mass is 343 g/mol. The number of carbonyl (C=O) groups excluding carboxylic acids is 1. The first-order valence-corrected chi connectivity index (χ1v) is 9.02. The van der Waals surface area contributed by atoms with Gasteiger partial charge in [-0.3, -0.25) is 9.69 Å². The van der Waals surface area contributed by atoms with E-state index in [9.17, 15) is 4.79 Å². The van der Waals surface area contributed by atoms with Crippen molar-refractivity contribution in [3.63, 3.8) is 0 Å². The molecule has 1 amide bonds. The molecule has 0 spiro atoms. The lowest BCUT2D eigenvalue weighted by molar-refractivity contribution is -0.128. The maximum Gasteiger partial charge on any atom is 0.224 e. The minimum Gasteiger partial charge on any atom is -0.379 e. The zero-order valence-corrected chi connectivity index (χ0v) is 14.4. The third-order valence-electron chi connectivity index (χ3n) is 5.09. The highest BCUT2D eigenvalue weighted by Gasteiger charge is 2.29. The van der Waals surface area contributed by atoms with Gasteiger partial charge in [0.15, 0.2) is 0 Å². The molecule has 7 nitrogen and oxygen atoms in total. The lowest BCUT2D eigenvalue weighted by atomic mass is 10.2. The lowest BCUT2D eigenvalue weighted by Gasteiger charge is -2.28. The Hall–Kier alpha value is -1.96. The second-order valence-corrected chi connectivity index (χ2v) is 6.78. The predicted octanol–water partition coefficient (Wildman–Crippen LogP) is 0.357. The fourth-order valence-electron chi connectivity index (χ4n) is 3.59. The van der Waals surface area contributed by atoms with Gasteiger partial charge in [-0.2, -0.15) is 5.10 Å². The number of ether oxygens (including phenoxy) is 1. The largest absolute Gasteiger partial charge is 0.379 e. The number of amides is 1. The zero-order chi connectivity index (χ0) is 17.1. The number of nitrogens with one attached hydrogen (secondary N) is 1. The molecule has 2 aromatic heterocycles. The van der Waals surface area contributed by atoms with E-state index in [1.807, 2.05) is 33.9 Å². The van der Waals surface area contributed by atoms with E-state index in [0.29, 0.717) is 6.42 Å². The van der Waals surface area contributed by atoms with Crippen molar-refractivity contribution in [2.45, 2.75) is 19.0 Å². The molecule has 2 aliphatic rings. The van der Waals surface area contributed by atoms with Crippen LogP contribution in [0.2, 0.25) is 0 Å². The van der Waals surface area contributed by atoms with Crippen molar-refractivity contribution in [1.29, 1.82) is 0 Å². The number of morpholine rings is 1. The van der Waals surface area contributed by atoms with Crippen molar-refractivity contribution in [1.82, 2.24) is 24.7 Å². The molecular formula is C18H25N5O2. The van der Waals surface area contributed by atoms with Crippen molar-refractivity contribution in [2.75, 3.05) is 45.9 Å². The Balaban J connectivity index is 1.27. The van der Waals surface area contributed by atoms with Crippen molar-refractivity contribution < 1.29 is 9.53 Å². The van der Waals surface area contributed by atoms with Crippen molar-refractivity contribution in [3.8, 4) is 0 Å². The van der Waals surface area contributed by atoms with Crippen LogP contribution in [0, 0.1) is 0 Å². The van der Waals surface area contributed by atoms with E-state index in [2.05, 4.69) is 21.4 Å². The standard InChI is InChI=1S/C18H25N5O2/c24-18-11-16(14-22(18)6-5-21-7-9-25-10-8-21)19-12-15-13-20-23-4-2-1-3-17(15)23/h1-4,13,16,19H,5-12,14H2. The van der Waals surface area contributed by atoms with E-state index in [1.165, 1.54) is 5.56 Å². The predicted molar refractivity (Wildman–Crippen MR) is 94.3 cm³/mol. The molecule has 0 saturated carbocycles. The topological polar surface area (TPSA) is 62.1 Å². The first-order chi connectivity index (χ1) is 12.3. The van der Waals surface area contributed by atoms with Crippen molar-refractivity contribution >= 4 is 11.4 Å². The highest BCUT2D eigenvalue weighted by Crippen LogP contribution is 2.14. The number of nitrogens with zero attached hydrogens (tertiary/aromatic N) is 4. The van der Waals surface area contributed by atoms with Crippen LogP contribution in [0.1, 0.15) is 12.0 Å². The number of fused-ring (bicyclic) bond motifs is 1. The molecule has 0 aromatic carbocycles. The molecule has 0 radical (unpaired) electrons. The molecule has 2 fully saturated rings. The average Bonchev–Trinajstić information content (AvgIpc) is 3.22. The summed E-state index contributed by atoms with van der Waals surface area (Å²) < 4.78 is 7.25. The number of aromatic nitrogens is 2. The number of rotatable bonds is 6. The minimum absolute atomic E-state index is 0.218. The second-order valence-electron chi connectivity index (χ2n) is 6.78. The molecule has 1 N–H and O–H groups in total. The van der Waals surface area contributed by atoms with E-state index in [-0.39, 0.29) is 11.9 Å². The number of hydrogen-bond donors (Lipinski definition) is 1. The fraction of sp³-hybridized carbons (Fsp3) is 0.556. The smallest absolute Gasteiger partial charge is 0.224 e. The summed E-state index contributed by atoms with van der Waals surface area (Å²) >= 11 is 0. The second kappa shape index (κ2) is 7.51. The van der Waals surface area contributed by atoms with E-state index in [4.69, 9.17) is 4.74 Å².